The fourth-order valence-electron chi connectivity index (χ4n) is 1.85. The van der Waals surface area contributed by atoms with E-state index in [1.54, 1.807) is 4.68 Å². The largest absolute Gasteiger partial charge is 0.361 e. The molecule has 2 rings (SSSR count). The molecule has 84 valence electrons. The summed E-state index contributed by atoms with van der Waals surface area (Å²) in [6.07, 6.45) is 0.728. The Kier molecular flexibility index (Phi) is 2.64. The van der Waals surface area contributed by atoms with E-state index in [-0.39, 0.29) is 5.69 Å². The first-order valence-electron chi connectivity index (χ1n) is 5.37. The van der Waals surface area contributed by atoms with Gasteiger partial charge in [-0.15, -0.1) is 0 Å². The van der Waals surface area contributed by atoms with E-state index in [4.69, 9.17) is 0 Å². The number of rotatable bonds is 2. The van der Waals surface area contributed by atoms with Crippen LogP contribution >= 0.6 is 0 Å². The molecule has 0 aliphatic heterocycles. The van der Waals surface area contributed by atoms with E-state index in [0.29, 0.717) is 0 Å². The van der Waals surface area contributed by atoms with E-state index in [1.165, 1.54) is 5.56 Å². The third-order valence-corrected chi connectivity index (χ3v) is 2.61. The molecule has 1 aromatic heterocycles. The molecule has 0 saturated carbocycles. The zero-order valence-electron chi connectivity index (χ0n) is 9.74. The molecule has 0 atom stereocenters. The highest BCUT2D eigenvalue weighted by molar-refractivity contribution is 5.42. The lowest BCUT2D eigenvalue weighted by Gasteiger charge is -2.09. The SMILES string of the molecule is CCc1nc(=O)[nH]n1-c1ccc(C)cc1C. The molecule has 4 nitrogen and oxygen atoms in total. The summed E-state index contributed by atoms with van der Waals surface area (Å²) in [5.74, 6) is 0.761. The lowest BCUT2D eigenvalue weighted by atomic mass is 10.1. The molecule has 0 aliphatic rings. The minimum atomic E-state index is -0.295. The average molecular weight is 217 g/mol. The summed E-state index contributed by atoms with van der Waals surface area (Å²) < 4.78 is 1.76. The highest BCUT2D eigenvalue weighted by atomic mass is 16.1. The summed E-state index contributed by atoms with van der Waals surface area (Å²) in [6, 6.07) is 6.12. The highest BCUT2D eigenvalue weighted by Crippen LogP contribution is 2.15. The lowest BCUT2D eigenvalue weighted by molar-refractivity contribution is 0.792. The van der Waals surface area contributed by atoms with E-state index in [1.807, 2.05) is 32.9 Å². The molecule has 0 amide bonds. The van der Waals surface area contributed by atoms with Crippen molar-refractivity contribution in [2.75, 3.05) is 0 Å². The Morgan fingerprint density at radius 2 is 2.12 bits per heavy atom. The van der Waals surface area contributed by atoms with Crippen LogP contribution in [0.25, 0.3) is 5.69 Å². The van der Waals surface area contributed by atoms with Crippen LogP contribution in [0.4, 0.5) is 0 Å². The van der Waals surface area contributed by atoms with Crippen LogP contribution < -0.4 is 5.69 Å². The van der Waals surface area contributed by atoms with Gasteiger partial charge in [0.2, 0.25) is 0 Å². The molecule has 0 aliphatic carbocycles. The van der Waals surface area contributed by atoms with Crippen LogP contribution in [0, 0.1) is 13.8 Å². The summed E-state index contributed by atoms with van der Waals surface area (Å²) in [7, 11) is 0. The molecular weight excluding hydrogens is 202 g/mol. The van der Waals surface area contributed by atoms with Crippen molar-refractivity contribution in [1.82, 2.24) is 14.8 Å². The number of aromatic amines is 1. The van der Waals surface area contributed by atoms with Crippen molar-refractivity contribution in [1.29, 1.82) is 0 Å². The summed E-state index contributed by atoms with van der Waals surface area (Å²) in [5, 5.41) is 2.72. The van der Waals surface area contributed by atoms with Gasteiger partial charge in [-0.05, 0) is 25.5 Å². The standard InChI is InChI=1S/C12H15N3O/c1-4-11-13-12(16)14-15(11)10-6-5-8(2)7-9(10)3/h5-7H,4H2,1-3H3,(H,14,16). The Balaban J connectivity index is 2.62. The smallest absolute Gasteiger partial charge is 0.244 e. The van der Waals surface area contributed by atoms with Crippen LogP contribution in [0.15, 0.2) is 23.0 Å². The molecule has 0 saturated heterocycles. The van der Waals surface area contributed by atoms with Crippen molar-refractivity contribution in [2.24, 2.45) is 0 Å². The normalized spacial score (nSPS) is 10.7. The van der Waals surface area contributed by atoms with E-state index < -0.39 is 0 Å². The summed E-state index contributed by atoms with van der Waals surface area (Å²) in [4.78, 5) is 15.2. The van der Waals surface area contributed by atoms with Gasteiger partial charge >= 0.3 is 5.69 Å². The van der Waals surface area contributed by atoms with Crippen molar-refractivity contribution in [3.05, 3.63) is 45.6 Å². The van der Waals surface area contributed by atoms with Gasteiger partial charge in [0, 0.05) is 6.42 Å². The Hall–Kier alpha value is -1.84. The summed E-state index contributed by atoms with van der Waals surface area (Å²) in [6.45, 7) is 6.06. The van der Waals surface area contributed by atoms with Gasteiger partial charge in [-0.25, -0.2) is 14.6 Å². The van der Waals surface area contributed by atoms with Gasteiger partial charge in [-0.3, -0.25) is 0 Å². The Morgan fingerprint density at radius 1 is 1.38 bits per heavy atom. The molecule has 4 heteroatoms. The molecule has 0 unspecified atom stereocenters. The van der Waals surface area contributed by atoms with Gasteiger partial charge in [0.05, 0.1) is 5.69 Å². The van der Waals surface area contributed by atoms with Crippen molar-refractivity contribution >= 4 is 0 Å². The molecule has 0 spiro atoms. The topological polar surface area (TPSA) is 50.7 Å². The number of hydrogen-bond donors (Lipinski definition) is 1. The average Bonchev–Trinajstić information content (AvgIpc) is 2.59. The molecule has 0 radical (unpaired) electrons. The number of aromatic nitrogens is 3. The van der Waals surface area contributed by atoms with E-state index in [9.17, 15) is 4.79 Å². The number of benzene rings is 1. The van der Waals surface area contributed by atoms with Gasteiger partial charge in [0.25, 0.3) is 0 Å². The second-order valence-electron chi connectivity index (χ2n) is 3.92. The highest BCUT2D eigenvalue weighted by Gasteiger charge is 2.08. The molecule has 2 aromatic rings. The number of H-pyrrole nitrogens is 1. The van der Waals surface area contributed by atoms with Crippen molar-refractivity contribution in [3.63, 3.8) is 0 Å². The molecule has 16 heavy (non-hydrogen) atoms. The first-order chi connectivity index (χ1) is 7.61. The van der Waals surface area contributed by atoms with Crippen molar-refractivity contribution < 1.29 is 0 Å². The van der Waals surface area contributed by atoms with E-state index in [2.05, 4.69) is 16.1 Å². The maximum absolute atomic E-state index is 11.2. The number of hydrogen-bond acceptors (Lipinski definition) is 2. The van der Waals surface area contributed by atoms with Gasteiger partial charge in [-0.1, -0.05) is 24.6 Å². The number of nitrogens with zero attached hydrogens (tertiary/aromatic N) is 2. The number of nitrogens with one attached hydrogen (secondary N) is 1. The quantitative estimate of drug-likeness (QED) is 0.833. The minimum Gasteiger partial charge on any atom is -0.244 e. The fraction of sp³-hybridized carbons (Fsp3) is 0.333. The van der Waals surface area contributed by atoms with Gasteiger partial charge in [0.1, 0.15) is 5.82 Å². The second kappa shape index (κ2) is 3.96. The lowest BCUT2D eigenvalue weighted by Crippen LogP contribution is -2.07. The Bertz CT molecular complexity index is 566. The van der Waals surface area contributed by atoms with Crippen LogP contribution in [0.1, 0.15) is 23.9 Å². The van der Waals surface area contributed by atoms with E-state index in [0.717, 1.165) is 23.5 Å². The van der Waals surface area contributed by atoms with Crippen molar-refractivity contribution in [3.8, 4) is 5.69 Å². The predicted octanol–water partition coefficient (Wildman–Crippen LogP) is 1.74. The second-order valence-corrected chi connectivity index (χ2v) is 3.92. The van der Waals surface area contributed by atoms with Crippen LogP contribution in [0.2, 0.25) is 0 Å². The molecule has 1 aromatic carbocycles. The van der Waals surface area contributed by atoms with Gasteiger partial charge in [-0.2, -0.15) is 4.98 Å². The third-order valence-electron chi connectivity index (χ3n) is 2.61. The summed E-state index contributed by atoms with van der Waals surface area (Å²) in [5.41, 5.74) is 3.03. The van der Waals surface area contributed by atoms with Crippen LogP contribution in [-0.2, 0) is 6.42 Å². The van der Waals surface area contributed by atoms with Crippen LogP contribution in [-0.4, -0.2) is 14.8 Å². The van der Waals surface area contributed by atoms with Crippen LogP contribution in [0.5, 0.6) is 0 Å². The monoisotopic (exact) mass is 217 g/mol. The number of aryl methyl sites for hydroxylation is 3. The zero-order chi connectivity index (χ0) is 11.7. The summed E-state index contributed by atoms with van der Waals surface area (Å²) >= 11 is 0. The fourth-order valence-corrected chi connectivity index (χ4v) is 1.85. The Labute approximate surface area is 93.9 Å². The molecule has 1 heterocycles. The third kappa shape index (κ3) is 1.78. The maximum Gasteiger partial charge on any atom is 0.361 e. The molecule has 0 fully saturated rings. The van der Waals surface area contributed by atoms with E-state index >= 15 is 0 Å². The predicted molar refractivity (Wildman–Crippen MR) is 63.0 cm³/mol. The minimum absolute atomic E-state index is 0.295. The van der Waals surface area contributed by atoms with Gasteiger partial charge in [0.15, 0.2) is 0 Å². The first kappa shape index (κ1) is 10.7. The van der Waals surface area contributed by atoms with Crippen LogP contribution in [0.3, 0.4) is 0 Å². The van der Waals surface area contributed by atoms with Crippen molar-refractivity contribution in [2.45, 2.75) is 27.2 Å². The van der Waals surface area contributed by atoms with Gasteiger partial charge < -0.3 is 0 Å². The maximum atomic E-state index is 11.2. The first-order valence-corrected chi connectivity index (χ1v) is 5.37. The molecular formula is C12H15N3O. The Morgan fingerprint density at radius 3 is 2.75 bits per heavy atom. The molecule has 1 N–H and O–H groups in total. The molecule has 0 bridgehead atoms. The zero-order valence-corrected chi connectivity index (χ0v) is 9.74.